The molecule has 2 heterocycles. The highest BCUT2D eigenvalue weighted by Crippen LogP contribution is 2.35. The number of halogens is 2. The van der Waals surface area contributed by atoms with Gasteiger partial charge >= 0.3 is 5.97 Å². The van der Waals surface area contributed by atoms with Crippen molar-refractivity contribution in [1.82, 2.24) is 9.97 Å². The quantitative estimate of drug-likeness (QED) is 0.357. The van der Waals surface area contributed by atoms with Gasteiger partial charge in [-0.05, 0) is 57.2 Å². The van der Waals surface area contributed by atoms with E-state index >= 15 is 4.39 Å². The molecule has 3 aromatic rings. The van der Waals surface area contributed by atoms with Crippen molar-refractivity contribution in [3.8, 4) is 0 Å². The lowest BCUT2D eigenvalue weighted by molar-refractivity contribution is -0.161. The molecule has 1 aliphatic rings. The number of piperidine rings is 1. The molecule has 1 fully saturated rings. The van der Waals surface area contributed by atoms with Gasteiger partial charge in [0.1, 0.15) is 29.5 Å². The third-order valence-electron chi connectivity index (χ3n) is 5.92. The summed E-state index contributed by atoms with van der Waals surface area (Å²) in [7, 11) is 0. The molecule has 7 nitrogen and oxygen atoms in total. The molecule has 2 aromatic carbocycles. The molecular formula is C28H32F2N4O3. The number of esters is 1. The standard InChI is InChI=1S/C28H32F2N4O3/c1-27(2,3)37-26(35)19-36-20-28(30)13-15-33(16-14-28)24-17-31-18-25(32-24)34(22-7-5-4-6-8-22)23-11-9-21(29)10-12-23/h4-12,17-18H,13-16,19-20H2,1-3H3. The number of anilines is 4. The monoisotopic (exact) mass is 510 g/mol. The van der Waals surface area contributed by atoms with Gasteiger partial charge in [-0.1, -0.05) is 18.2 Å². The molecule has 0 N–H and O–H groups in total. The van der Waals surface area contributed by atoms with E-state index in [1.807, 2.05) is 40.1 Å². The van der Waals surface area contributed by atoms with Crippen molar-refractivity contribution in [2.75, 3.05) is 36.1 Å². The molecule has 0 bridgehead atoms. The van der Waals surface area contributed by atoms with Crippen LogP contribution in [0.5, 0.6) is 0 Å². The second-order valence-corrected chi connectivity index (χ2v) is 10.1. The number of para-hydroxylation sites is 1. The highest BCUT2D eigenvalue weighted by Gasteiger charge is 2.36. The fourth-order valence-corrected chi connectivity index (χ4v) is 4.16. The second-order valence-electron chi connectivity index (χ2n) is 10.1. The maximum atomic E-state index is 15.4. The van der Waals surface area contributed by atoms with E-state index < -0.39 is 17.2 Å². The molecule has 0 amide bonds. The van der Waals surface area contributed by atoms with Crippen molar-refractivity contribution < 1.29 is 23.0 Å². The molecule has 196 valence electrons. The summed E-state index contributed by atoms with van der Waals surface area (Å²) in [6.45, 7) is 5.71. The Kier molecular flexibility index (Phi) is 8.02. The number of nitrogens with zero attached hydrogens (tertiary/aromatic N) is 4. The van der Waals surface area contributed by atoms with Crippen LogP contribution in [0.2, 0.25) is 0 Å². The van der Waals surface area contributed by atoms with Crippen LogP contribution in [0.25, 0.3) is 0 Å². The average Bonchev–Trinajstić information content (AvgIpc) is 2.86. The van der Waals surface area contributed by atoms with Crippen LogP contribution >= 0.6 is 0 Å². The van der Waals surface area contributed by atoms with Gasteiger partial charge in [0.15, 0.2) is 5.82 Å². The minimum atomic E-state index is -1.53. The van der Waals surface area contributed by atoms with Crippen LogP contribution in [0.15, 0.2) is 67.0 Å². The maximum Gasteiger partial charge on any atom is 0.332 e. The zero-order chi connectivity index (χ0) is 26.5. The molecule has 37 heavy (non-hydrogen) atoms. The summed E-state index contributed by atoms with van der Waals surface area (Å²) >= 11 is 0. The molecule has 1 aromatic heterocycles. The highest BCUT2D eigenvalue weighted by atomic mass is 19.1. The highest BCUT2D eigenvalue weighted by molar-refractivity contribution is 5.74. The van der Waals surface area contributed by atoms with Crippen molar-refractivity contribution >= 4 is 29.0 Å². The lowest BCUT2D eigenvalue weighted by Gasteiger charge is -2.37. The first kappa shape index (κ1) is 26.5. The zero-order valence-corrected chi connectivity index (χ0v) is 21.4. The number of aromatic nitrogens is 2. The summed E-state index contributed by atoms with van der Waals surface area (Å²) in [5, 5.41) is 0. The van der Waals surface area contributed by atoms with E-state index in [9.17, 15) is 9.18 Å². The molecular weight excluding hydrogens is 478 g/mol. The van der Waals surface area contributed by atoms with Crippen LogP contribution in [-0.4, -0.2) is 53.5 Å². The molecule has 9 heteroatoms. The van der Waals surface area contributed by atoms with Crippen molar-refractivity contribution in [2.45, 2.75) is 44.9 Å². The maximum absolute atomic E-state index is 15.4. The van der Waals surface area contributed by atoms with E-state index in [0.717, 1.165) is 11.4 Å². The smallest absolute Gasteiger partial charge is 0.332 e. The number of carbonyl (C=O) groups excluding carboxylic acids is 1. The number of ether oxygens (including phenoxy) is 2. The average molecular weight is 511 g/mol. The minimum absolute atomic E-state index is 0.168. The summed E-state index contributed by atoms with van der Waals surface area (Å²) in [6.07, 6.45) is 3.76. The Hall–Kier alpha value is -3.59. The van der Waals surface area contributed by atoms with E-state index in [-0.39, 0.29) is 31.9 Å². The van der Waals surface area contributed by atoms with Crippen molar-refractivity contribution in [3.63, 3.8) is 0 Å². The Balaban J connectivity index is 1.43. The van der Waals surface area contributed by atoms with Crippen molar-refractivity contribution in [3.05, 3.63) is 72.8 Å². The summed E-state index contributed by atoms with van der Waals surface area (Å²) in [6, 6.07) is 15.8. The molecule has 4 rings (SSSR count). The molecule has 0 unspecified atom stereocenters. The van der Waals surface area contributed by atoms with Crippen LogP contribution < -0.4 is 9.80 Å². The van der Waals surface area contributed by atoms with E-state index in [1.165, 1.54) is 12.1 Å². The van der Waals surface area contributed by atoms with Crippen LogP contribution in [-0.2, 0) is 14.3 Å². The predicted molar refractivity (Wildman–Crippen MR) is 139 cm³/mol. The van der Waals surface area contributed by atoms with E-state index in [1.54, 1.807) is 45.3 Å². The Morgan fingerprint density at radius 3 is 2.32 bits per heavy atom. The number of carbonyl (C=O) groups is 1. The lowest BCUT2D eigenvalue weighted by Crippen LogP contribution is -2.45. The van der Waals surface area contributed by atoms with Gasteiger partial charge in [0, 0.05) is 37.3 Å². The van der Waals surface area contributed by atoms with Crippen LogP contribution in [0.1, 0.15) is 33.6 Å². The third-order valence-corrected chi connectivity index (χ3v) is 5.92. The Morgan fingerprint density at radius 2 is 1.68 bits per heavy atom. The Labute approximate surface area is 216 Å². The first-order chi connectivity index (χ1) is 17.6. The van der Waals surface area contributed by atoms with Crippen LogP contribution in [0.3, 0.4) is 0 Å². The van der Waals surface area contributed by atoms with Gasteiger partial charge in [0.25, 0.3) is 0 Å². The van der Waals surface area contributed by atoms with Crippen LogP contribution in [0, 0.1) is 5.82 Å². The number of hydrogen-bond donors (Lipinski definition) is 0. The number of alkyl halides is 1. The largest absolute Gasteiger partial charge is 0.458 e. The van der Waals surface area contributed by atoms with Crippen molar-refractivity contribution in [1.29, 1.82) is 0 Å². The number of benzene rings is 2. The minimum Gasteiger partial charge on any atom is -0.458 e. The van der Waals surface area contributed by atoms with Gasteiger partial charge in [-0.2, -0.15) is 0 Å². The van der Waals surface area contributed by atoms with E-state index in [0.29, 0.717) is 24.7 Å². The fraction of sp³-hybridized carbons (Fsp3) is 0.393. The van der Waals surface area contributed by atoms with Crippen LogP contribution in [0.4, 0.5) is 31.8 Å². The van der Waals surface area contributed by atoms with Gasteiger partial charge in [-0.3, -0.25) is 9.88 Å². The van der Waals surface area contributed by atoms with E-state index in [2.05, 4.69) is 4.98 Å². The van der Waals surface area contributed by atoms with Gasteiger partial charge < -0.3 is 14.4 Å². The topological polar surface area (TPSA) is 67.8 Å². The first-order valence-electron chi connectivity index (χ1n) is 12.3. The third kappa shape index (κ3) is 7.22. The molecule has 1 aliphatic heterocycles. The molecule has 0 radical (unpaired) electrons. The van der Waals surface area contributed by atoms with Gasteiger partial charge in [-0.25, -0.2) is 18.6 Å². The summed E-state index contributed by atoms with van der Waals surface area (Å²) in [5.74, 6) is 0.352. The summed E-state index contributed by atoms with van der Waals surface area (Å²) in [5.41, 5.74) is -0.554. The van der Waals surface area contributed by atoms with Gasteiger partial charge in [-0.15, -0.1) is 0 Å². The number of hydrogen-bond acceptors (Lipinski definition) is 7. The summed E-state index contributed by atoms with van der Waals surface area (Å²) in [4.78, 5) is 24.9. The molecule has 0 spiro atoms. The van der Waals surface area contributed by atoms with E-state index in [4.69, 9.17) is 14.5 Å². The summed E-state index contributed by atoms with van der Waals surface area (Å²) < 4.78 is 39.5. The lowest BCUT2D eigenvalue weighted by atomic mass is 9.94. The number of rotatable bonds is 8. The normalized spacial score (nSPS) is 15.3. The zero-order valence-electron chi connectivity index (χ0n) is 21.4. The first-order valence-corrected chi connectivity index (χ1v) is 12.3. The molecule has 0 aliphatic carbocycles. The van der Waals surface area contributed by atoms with Crippen molar-refractivity contribution in [2.24, 2.45) is 0 Å². The SMILES string of the molecule is CC(C)(C)OC(=O)COCC1(F)CCN(c2cncc(N(c3ccccc3)c3ccc(F)cc3)n2)CC1. The predicted octanol–water partition coefficient (Wildman–Crippen LogP) is 5.75. The Bertz CT molecular complexity index is 1180. The molecule has 0 atom stereocenters. The molecule has 1 saturated heterocycles. The van der Waals surface area contributed by atoms with Gasteiger partial charge in [0.2, 0.25) is 0 Å². The molecule has 0 saturated carbocycles. The second kappa shape index (κ2) is 11.2. The Morgan fingerprint density at radius 1 is 1.03 bits per heavy atom. The van der Waals surface area contributed by atoms with Gasteiger partial charge in [0.05, 0.1) is 19.0 Å². The fourth-order valence-electron chi connectivity index (χ4n) is 4.16.